The van der Waals surface area contributed by atoms with Crippen molar-refractivity contribution in [2.75, 3.05) is 33.3 Å². The Kier molecular flexibility index (Phi) is 6.06. The van der Waals surface area contributed by atoms with Crippen LogP contribution in [0, 0.1) is 11.8 Å². The van der Waals surface area contributed by atoms with Crippen molar-refractivity contribution in [3.63, 3.8) is 0 Å². The minimum Gasteiger partial charge on any atom is -0.468 e. The molecule has 2 fully saturated rings. The maximum Gasteiger partial charge on any atom is 0.326 e. The first kappa shape index (κ1) is 16.8. The van der Waals surface area contributed by atoms with Gasteiger partial charge in [-0.15, -0.1) is 0 Å². The molecule has 0 aromatic carbocycles. The Morgan fingerprint density at radius 2 is 2.19 bits per heavy atom. The van der Waals surface area contributed by atoms with Crippen molar-refractivity contribution in [1.29, 1.82) is 0 Å². The van der Waals surface area contributed by atoms with Crippen LogP contribution < -0.4 is 5.32 Å². The number of carbonyl (C=O) groups excluding carboxylic acids is 1. The first-order valence-electron chi connectivity index (χ1n) is 8.72. The van der Waals surface area contributed by atoms with Crippen LogP contribution in [0.1, 0.15) is 52.4 Å². The summed E-state index contributed by atoms with van der Waals surface area (Å²) in [5.41, 5.74) is -0.423. The first-order valence-corrected chi connectivity index (χ1v) is 8.72. The number of likely N-dealkylation sites (N-methyl/N-ethyl adjacent to an activating group) is 1. The zero-order chi connectivity index (χ0) is 15.3. The SMILES string of the molecule is CCNC1(C(=O)OC)CCCC1CCN1CCC(CC)C1. The van der Waals surface area contributed by atoms with Gasteiger partial charge in [0.2, 0.25) is 0 Å². The molecule has 1 aliphatic carbocycles. The molecule has 0 spiro atoms. The lowest BCUT2D eigenvalue weighted by atomic mass is 9.84. The van der Waals surface area contributed by atoms with Gasteiger partial charge in [-0.1, -0.05) is 26.7 Å². The summed E-state index contributed by atoms with van der Waals surface area (Å²) >= 11 is 0. The molecule has 0 bridgehead atoms. The van der Waals surface area contributed by atoms with Crippen molar-refractivity contribution >= 4 is 5.97 Å². The molecule has 0 amide bonds. The third kappa shape index (κ3) is 3.59. The van der Waals surface area contributed by atoms with E-state index < -0.39 is 5.54 Å². The van der Waals surface area contributed by atoms with Crippen LogP contribution in [0.25, 0.3) is 0 Å². The number of hydrogen-bond donors (Lipinski definition) is 1. The van der Waals surface area contributed by atoms with E-state index in [9.17, 15) is 4.79 Å². The number of ether oxygens (including phenoxy) is 1. The van der Waals surface area contributed by atoms with E-state index >= 15 is 0 Å². The second-order valence-corrected chi connectivity index (χ2v) is 6.73. The highest BCUT2D eigenvalue weighted by Crippen LogP contribution is 2.39. The van der Waals surface area contributed by atoms with Gasteiger partial charge in [0.05, 0.1) is 7.11 Å². The number of rotatable bonds is 7. The third-order valence-electron chi connectivity index (χ3n) is 5.60. The third-order valence-corrected chi connectivity index (χ3v) is 5.60. The second kappa shape index (κ2) is 7.59. The summed E-state index contributed by atoms with van der Waals surface area (Å²) in [5, 5.41) is 3.46. The van der Waals surface area contributed by atoms with Crippen molar-refractivity contribution in [2.24, 2.45) is 11.8 Å². The van der Waals surface area contributed by atoms with Crippen LogP contribution in [-0.2, 0) is 9.53 Å². The summed E-state index contributed by atoms with van der Waals surface area (Å²) in [4.78, 5) is 14.9. The number of nitrogens with one attached hydrogen (secondary N) is 1. The lowest BCUT2D eigenvalue weighted by molar-refractivity contribution is -0.150. The number of likely N-dealkylation sites (tertiary alicyclic amines) is 1. The summed E-state index contributed by atoms with van der Waals surface area (Å²) < 4.78 is 5.11. The average Bonchev–Trinajstić information content (AvgIpc) is 3.12. The van der Waals surface area contributed by atoms with Gasteiger partial charge in [-0.25, -0.2) is 0 Å². The lowest BCUT2D eigenvalue weighted by Crippen LogP contribution is -2.55. The number of carbonyl (C=O) groups is 1. The number of hydrogen-bond acceptors (Lipinski definition) is 4. The Hall–Kier alpha value is -0.610. The molecule has 1 heterocycles. The van der Waals surface area contributed by atoms with E-state index in [2.05, 4.69) is 24.1 Å². The van der Waals surface area contributed by atoms with E-state index in [0.717, 1.165) is 44.7 Å². The largest absolute Gasteiger partial charge is 0.468 e. The summed E-state index contributed by atoms with van der Waals surface area (Å²) in [6.45, 7) is 8.80. The van der Waals surface area contributed by atoms with Crippen LogP contribution in [0.3, 0.4) is 0 Å². The van der Waals surface area contributed by atoms with Crippen LogP contribution in [-0.4, -0.2) is 49.7 Å². The monoisotopic (exact) mass is 296 g/mol. The molecule has 1 N–H and O–H groups in total. The summed E-state index contributed by atoms with van der Waals surface area (Å²) in [5.74, 6) is 1.25. The quantitative estimate of drug-likeness (QED) is 0.733. The maximum absolute atomic E-state index is 12.3. The second-order valence-electron chi connectivity index (χ2n) is 6.73. The molecule has 0 radical (unpaired) electrons. The molecule has 122 valence electrons. The molecule has 1 aliphatic heterocycles. The standard InChI is InChI=1S/C17H32N2O2/c1-4-14-8-11-19(13-14)12-9-15-7-6-10-17(15,18-5-2)16(20)21-3/h14-15,18H,4-13H2,1-3H3. The minimum atomic E-state index is -0.423. The van der Waals surface area contributed by atoms with Crippen LogP contribution in [0.5, 0.6) is 0 Å². The molecule has 4 nitrogen and oxygen atoms in total. The Balaban J connectivity index is 1.92. The van der Waals surface area contributed by atoms with E-state index in [0.29, 0.717) is 5.92 Å². The van der Waals surface area contributed by atoms with Crippen molar-refractivity contribution in [1.82, 2.24) is 10.2 Å². The topological polar surface area (TPSA) is 41.6 Å². The average molecular weight is 296 g/mol. The molecular weight excluding hydrogens is 264 g/mol. The van der Waals surface area contributed by atoms with Gasteiger partial charge in [0, 0.05) is 6.54 Å². The van der Waals surface area contributed by atoms with Crippen LogP contribution in [0.2, 0.25) is 0 Å². The summed E-state index contributed by atoms with van der Waals surface area (Å²) in [6, 6.07) is 0. The predicted octanol–water partition coefficient (Wildman–Crippen LogP) is 2.43. The number of esters is 1. The molecule has 1 saturated heterocycles. The molecule has 3 unspecified atom stereocenters. The van der Waals surface area contributed by atoms with Gasteiger partial charge in [0.1, 0.15) is 5.54 Å². The van der Waals surface area contributed by atoms with Gasteiger partial charge in [-0.05, 0) is 57.2 Å². The Morgan fingerprint density at radius 3 is 2.81 bits per heavy atom. The fourth-order valence-corrected chi connectivity index (χ4v) is 4.33. The van der Waals surface area contributed by atoms with E-state index in [1.54, 1.807) is 0 Å². The summed E-state index contributed by atoms with van der Waals surface area (Å²) in [6.07, 6.45) is 6.95. The van der Waals surface area contributed by atoms with Gasteiger partial charge in [0.25, 0.3) is 0 Å². The zero-order valence-corrected chi connectivity index (χ0v) is 14.0. The molecule has 3 atom stereocenters. The lowest BCUT2D eigenvalue weighted by Gasteiger charge is -2.34. The van der Waals surface area contributed by atoms with Gasteiger partial charge >= 0.3 is 5.97 Å². The Morgan fingerprint density at radius 1 is 1.38 bits per heavy atom. The first-order chi connectivity index (χ1) is 10.2. The van der Waals surface area contributed by atoms with E-state index in [1.807, 2.05) is 0 Å². The van der Waals surface area contributed by atoms with E-state index in [-0.39, 0.29) is 5.97 Å². The maximum atomic E-state index is 12.3. The molecule has 21 heavy (non-hydrogen) atoms. The molecule has 4 heteroatoms. The van der Waals surface area contributed by atoms with Crippen molar-refractivity contribution in [2.45, 2.75) is 57.9 Å². The van der Waals surface area contributed by atoms with Crippen LogP contribution >= 0.6 is 0 Å². The fraction of sp³-hybridized carbons (Fsp3) is 0.941. The molecule has 0 aromatic heterocycles. The van der Waals surface area contributed by atoms with Crippen molar-refractivity contribution in [3.8, 4) is 0 Å². The van der Waals surface area contributed by atoms with Gasteiger partial charge in [-0.3, -0.25) is 4.79 Å². The van der Waals surface area contributed by atoms with Gasteiger partial charge in [0.15, 0.2) is 0 Å². The Labute approximate surface area is 129 Å². The number of nitrogens with zero attached hydrogens (tertiary/aromatic N) is 1. The molecule has 1 saturated carbocycles. The summed E-state index contributed by atoms with van der Waals surface area (Å²) in [7, 11) is 1.52. The van der Waals surface area contributed by atoms with E-state index in [4.69, 9.17) is 4.74 Å². The highest BCUT2D eigenvalue weighted by molar-refractivity contribution is 5.81. The smallest absolute Gasteiger partial charge is 0.326 e. The van der Waals surface area contributed by atoms with Crippen LogP contribution in [0.4, 0.5) is 0 Å². The van der Waals surface area contributed by atoms with Gasteiger partial charge < -0.3 is 15.0 Å². The van der Waals surface area contributed by atoms with Crippen molar-refractivity contribution in [3.05, 3.63) is 0 Å². The Bertz CT molecular complexity index is 348. The predicted molar refractivity (Wildman–Crippen MR) is 85.2 cm³/mol. The zero-order valence-electron chi connectivity index (χ0n) is 14.0. The molecular formula is C17H32N2O2. The highest BCUT2D eigenvalue weighted by atomic mass is 16.5. The normalized spacial score (nSPS) is 33.5. The fourth-order valence-electron chi connectivity index (χ4n) is 4.33. The molecule has 2 rings (SSSR count). The number of methoxy groups -OCH3 is 1. The van der Waals surface area contributed by atoms with E-state index in [1.165, 1.54) is 33.0 Å². The van der Waals surface area contributed by atoms with Gasteiger partial charge in [-0.2, -0.15) is 0 Å². The van der Waals surface area contributed by atoms with Crippen LogP contribution in [0.15, 0.2) is 0 Å². The highest BCUT2D eigenvalue weighted by Gasteiger charge is 2.49. The molecule has 0 aromatic rings. The van der Waals surface area contributed by atoms with Crippen molar-refractivity contribution < 1.29 is 9.53 Å². The molecule has 2 aliphatic rings. The minimum absolute atomic E-state index is 0.0558.